The maximum absolute atomic E-state index is 11.3. The Morgan fingerprint density at radius 1 is 0.462 bits per heavy atom. The van der Waals surface area contributed by atoms with E-state index in [2.05, 4.69) is 123 Å². The molecule has 0 heterocycles. The van der Waals surface area contributed by atoms with E-state index in [1.807, 2.05) is 12.1 Å². The van der Waals surface area contributed by atoms with E-state index in [-0.39, 0.29) is 11.5 Å². The summed E-state index contributed by atoms with van der Waals surface area (Å²) in [6.45, 7) is 4.52. The number of phenols is 2. The van der Waals surface area contributed by atoms with Crippen LogP contribution in [0.25, 0.3) is 66.1 Å². The molecule has 1 aliphatic rings. The summed E-state index contributed by atoms with van der Waals surface area (Å²) in [6.07, 6.45) is 10.3. The Morgan fingerprint density at radius 3 is 1.38 bits per heavy atom. The van der Waals surface area contributed by atoms with Gasteiger partial charge in [-0.3, -0.25) is 0 Å². The largest absolute Gasteiger partial charge is 0.507 e. The van der Waals surface area contributed by atoms with Gasteiger partial charge in [0.1, 0.15) is 11.5 Å². The highest BCUT2D eigenvalue weighted by Gasteiger charge is 2.22. The second kappa shape index (κ2) is 14.7. The maximum Gasteiger partial charge on any atom is 0.124 e. The molecule has 0 bridgehead atoms. The third kappa shape index (κ3) is 6.71. The van der Waals surface area contributed by atoms with Crippen LogP contribution in [0.4, 0.5) is 0 Å². The van der Waals surface area contributed by atoms with Gasteiger partial charge in [-0.05, 0) is 134 Å². The number of hydrogen-bond acceptors (Lipinski definition) is 2. The van der Waals surface area contributed by atoms with E-state index in [0.717, 1.165) is 57.0 Å². The average Bonchev–Trinajstić information content (AvgIpc) is 3.19. The summed E-state index contributed by atoms with van der Waals surface area (Å²) in [5.41, 5.74) is 11.2. The summed E-state index contributed by atoms with van der Waals surface area (Å²) in [5.74, 6) is 1.90. The van der Waals surface area contributed by atoms with Crippen LogP contribution in [-0.2, 0) is 6.42 Å². The number of phenolic OH excluding ortho intramolecular Hbond substituents is 2. The number of aryl methyl sites for hydroxylation is 1. The molecule has 7 aromatic carbocycles. The van der Waals surface area contributed by atoms with Gasteiger partial charge in [-0.15, -0.1) is 0 Å². The van der Waals surface area contributed by atoms with Gasteiger partial charge in [0, 0.05) is 11.1 Å². The van der Waals surface area contributed by atoms with Gasteiger partial charge in [0.25, 0.3) is 0 Å². The Balaban J connectivity index is 1.08. The lowest BCUT2D eigenvalue weighted by Crippen LogP contribution is -2.13. The average molecular weight is 681 g/mol. The zero-order valence-electron chi connectivity index (χ0n) is 30.4. The normalized spacial score (nSPS) is 16.0. The van der Waals surface area contributed by atoms with Crippen LogP contribution in [0.5, 0.6) is 11.5 Å². The summed E-state index contributed by atoms with van der Waals surface area (Å²) in [5, 5.41) is 26.5. The SMILES string of the molecule is CCCc1ccc(-c2ccc(-c3ccc4c(-c5c(O)ccc6cc(-c7ccc(C8CCC(CCC)CC8)cc7)ccc56)c(O)ccc4c3)cc2)cc1. The molecule has 7 aromatic rings. The van der Waals surface area contributed by atoms with Gasteiger partial charge in [0.05, 0.1) is 0 Å². The Hall–Kier alpha value is -5.34. The van der Waals surface area contributed by atoms with E-state index in [1.165, 1.54) is 66.3 Å². The zero-order valence-corrected chi connectivity index (χ0v) is 30.4. The molecule has 0 amide bonds. The monoisotopic (exact) mass is 680 g/mol. The van der Waals surface area contributed by atoms with E-state index in [4.69, 9.17) is 0 Å². The molecule has 52 heavy (non-hydrogen) atoms. The molecular weight excluding hydrogens is 633 g/mol. The Morgan fingerprint density at radius 2 is 0.904 bits per heavy atom. The van der Waals surface area contributed by atoms with Crippen molar-refractivity contribution in [3.63, 3.8) is 0 Å². The number of fused-ring (bicyclic) bond motifs is 2. The standard InChI is InChI=1S/C50H48O2/c1-3-5-33-7-11-35(12-8-33)37-15-19-39(20-16-37)41-23-27-45-43(31-41)25-29-47(51)49(45)50-46-28-24-42(32-44(46)26-30-48(50)52)40-21-17-38(18-22-40)36-13-9-34(6-4-2)10-14-36/h7-8,11-12,15-32,34,36,51-52H,3-6,9-10,13-14H2,1-2H3. The highest BCUT2D eigenvalue weighted by Crippen LogP contribution is 2.46. The summed E-state index contributed by atoms with van der Waals surface area (Å²) in [4.78, 5) is 0. The molecule has 0 aromatic heterocycles. The Bertz CT molecular complexity index is 2320. The lowest BCUT2D eigenvalue weighted by Gasteiger charge is -2.28. The van der Waals surface area contributed by atoms with Gasteiger partial charge in [0.2, 0.25) is 0 Å². The molecule has 2 heteroatoms. The second-order valence-electron chi connectivity index (χ2n) is 14.9. The minimum Gasteiger partial charge on any atom is -0.507 e. The maximum atomic E-state index is 11.3. The lowest BCUT2D eigenvalue weighted by atomic mass is 9.77. The van der Waals surface area contributed by atoms with Gasteiger partial charge in [-0.2, -0.15) is 0 Å². The fourth-order valence-corrected chi connectivity index (χ4v) is 8.67. The van der Waals surface area contributed by atoms with Crippen molar-refractivity contribution >= 4 is 21.5 Å². The Labute approximate surface area is 308 Å². The van der Waals surface area contributed by atoms with Gasteiger partial charge in [-0.1, -0.05) is 142 Å². The minimum atomic E-state index is 0.153. The molecule has 8 rings (SSSR count). The molecule has 1 fully saturated rings. The first-order valence-corrected chi connectivity index (χ1v) is 19.3. The molecule has 260 valence electrons. The zero-order chi connectivity index (χ0) is 35.6. The van der Waals surface area contributed by atoms with E-state index < -0.39 is 0 Å². The fourth-order valence-electron chi connectivity index (χ4n) is 8.67. The highest BCUT2D eigenvalue weighted by atomic mass is 16.3. The van der Waals surface area contributed by atoms with Gasteiger partial charge < -0.3 is 10.2 Å². The van der Waals surface area contributed by atoms with Crippen molar-refractivity contribution in [3.8, 4) is 56.0 Å². The third-order valence-electron chi connectivity index (χ3n) is 11.5. The van der Waals surface area contributed by atoms with Crippen molar-refractivity contribution in [2.24, 2.45) is 5.92 Å². The van der Waals surface area contributed by atoms with E-state index in [0.29, 0.717) is 17.0 Å². The predicted molar refractivity (Wildman–Crippen MR) is 220 cm³/mol. The number of rotatable bonds is 9. The van der Waals surface area contributed by atoms with Crippen LogP contribution in [0.1, 0.15) is 75.8 Å². The lowest BCUT2D eigenvalue weighted by molar-refractivity contribution is 0.308. The van der Waals surface area contributed by atoms with Gasteiger partial charge in [-0.25, -0.2) is 0 Å². The number of aromatic hydroxyl groups is 2. The molecule has 0 aliphatic heterocycles. The molecule has 0 unspecified atom stereocenters. The van der Waals surface area contributed by atoms with Crippen LogP contribution in [0.3, 0.4) is 0 Å². The molecule has 1 saturated carbocycles. The topological polar surface area (TPSA) is 40.5 Å². The Kier molecular flexibility index (Phi) is 9.56. The van der Waals surface area contributed by atoms with Crippen LogP contribution in [-0.4, -0.2) is 10.2 Å². The number of hydrogen-bond donors (Lipinski definition) is 2. The van der Waals surface area contributed by atoms with Crippen molar-refractivity contribution in [1.29, 1.82) is 0 Å². The molecule has 0 atom stereocenters. The first-order valence-electron chi connectivity index (χ1n) is 19.3. The summed E-state index contributed by atoms with van der Waals surface area (Å²) in [7, 11) is 0. The van der Waals surface area contributed by atoms with Crippen molar-refractivity contribution in [3.05, 3.63) is 145 Å². The van der Waals surface area contributed by atoms with Crippen molar-refractivity contribution in [1.82, 2.24) is 0 Å². The third-order valence-corrected chi connectivity index (χ3v) is 11.5. The van der Waals surface area contributed by atoms with Gasteiger partial charge in [0.15, 0.2) is 0 Å². The first-order chi connectivity index (χ1) is 25.5. The quantitative estimate of drug-likeness (QED) is 0.159. The first kappa shape index (κ1) is 33.8. The minimum absolute atomic E-state index is 0.153. The van der Waals surface area contributed by atoms with Gasteiger partial charge >= 0.3 is 0 Å². The summed E-state index contributed by atoms with van der Waals surface area (Å²) in [6, 6.07) is 47.0. The molecule has 1 aliphatic carbocycles. The molecule has 0 radical (unpaired) electrons. The van der Waals surface area contributed by atoms with Crippen molar-refractivity contribution in [2.45, 2.75) is 71.1 Å². The highest BCUT2D eigenvalue weighted by molar-refractivity contribution is 6.10. The van der Waals surface area contributed by atoms with Crippen LogP contribution in [0, 0.1) is 5.92 Å². The molecule has 2 N–H and O–H groups in total. The van der Waals surface area contributed by atoms with E-state index in [1.54, 1.807) is 12.1 Å². The van der Waals surface area contributed by atoms with E-state index in [9.17, 15) is 10.2 Å². The van der Waals surface area contributed by atoms with Crippen molar-refractivity contribution < 1.29 is 10.2 Å². The number of benzene rings is 7. The molecule has 0 saturated heterocycles. The van der Waals surface area contributed by atoms with Crippen LogP contribution in [0.15, 0.2) is 133 Å². The summed E-state index contributed by atoms with van der Waals surface area (Å²) < 4.78 is 0. The molecule has 0 spiro atoms. The molecular formula is C50H48O2. The smallest absolute Gasteiger partial charge is 0.124 e. The van der Waals surface area contributed by atoms with E-state index >= 15 is 0 Å². The molecule has 2 nitrogen and oxygen atoms in total. The predicted octanol–water partition coefficient (Wildman–Crippen LogP) is 14.1. The van der Waals surface area contributed by atoms with Crippen LogP contribution in [0.2, 0.25) is 0 Å². The van der Waals surface area contributed by atoms with Crippen molar-refractivity contribution in [2.75, 3.05) is 0 Å². The van der Waals surface area contributed by atoms with Crippen LogP contribution >= 0.6 is 0 Å². The fraction of sp³-hybridized carbons (Fsp3) is 0.240. The van der Waals surface area contributed by atoms with Crippen LogP contribution < -0.4 is 0 Å². The second-order valence-corrected chi connectivity index (χ2v) is 14.9. The summed E-state index contributed by atoms with van der Waals surface area (Å²) >= 11 is 0.